The minimum absolute atomic E-state index is 0.0780. The van der Waals surface area contributed by atoms with Gasteiger partial charge in [-0.25, -0.2) is 0 Å². The van der Waals surface area contributed by atoms with E-state index in [1.807, 2.05) is 6.92 Å². The Balaban J connectivity index is 3.98. The smallest absolute Gasteiger partial charge is 0.110 e. The molecule has 0 saturated heterocycles. The first-order chi connectivity index (χ1) is 5.74. The molecule has 0 radical (unpaired) electrons. The second-order valence-corrected chi connectivity index (χ2v) is 2.81. The van der Waals surface area contributed by atoms with Crippen LogP contribution in [0.4, 0.5) is 0 Å². The molecule has 0 heterocycles. The van der Waals surface area contributed by atoms with Crippen LogP contribution in [0.3, 0.4) is 0 Å². The van der Waals surface area contributed by atoms with Crippen molar-refractivity contribution < 1.29 is 14.9 Å². The average molecular weight is 172 g/mol. The van der Waals surface area contributed by atoms with Gasteiger partial charge in [0.1, 0.15) is 12.7 Å². The molecule has 0 amide bonds. The number of aliphatic hydroxyl groups excluding tert-OH is 2. The molecule has 0 aliphatic rings. The van der Waals surface area contributed by atoms with Crippen LogP contribution in [0.1, 0.15) is 20.3 Å². The summed E-state index contributed by atoms with van der Waals surface area (Å²) < 4.78 is 4.94. The minimum atomic E-state index is -0.538. The van der Waals surface area contributed by atoms with Crippen LogP contribution in [0, 0.1) is 17.4 Å². The number of rotatable bonds is 5. The molecule has 3 heteroatoms. The summed E-state index contributed by atoms with van der Waals surface area (Å²) in [5.74, 6) is 2.58. The molecule has 70 valence electrons. The van der Waals surface area contributed by atoms with Crippen LogP contribution in [-0.2, 0) is 4.74 Å². The first kappa shape index (κ1) is 11.3. The van der Waals surface area contributed by atoms with E-state index in [0.717, 1.165) is 0 Å². The SMILES string of the molecule is CC#COCC(CC)(CO)CO. The molecule has 0 unspecified atom stereocenters. The van der Waals surface area contributed by atoms with Crippen LogP contribution >= 0.6 is 0 Å². The van der Waals surface area contributed by atoms with Crippen molar-refractivity contribution >= 4 is 0 Å². The van der Waals surface area contributed by atoms with Crippen LogP contribution in [0.15, 0.2) is 0 Å². The maximum Gasteiger partial charge on any atom is 0.110 e. The molecule has 0 aromatic rings. The maximum atomic E-state index is 8.99. The zero-order valence-corrected chi connectivity index (χ0v) is 7.63. The lowest BCUT2D eigenvalue weighted by Gasteiger charge is -2.26. The topological polar surface area (TPSA) is 49.7 Å². The van der Waals surface area contributed by atoms with E-state index in [2.05, 4.69) is 12.0 Å². The molecule has 12 heavy (non-hydrogen) atoms. The molecule has 3 nitrogen and oxygen atoms in total. The molecule has 0 aromatic heterocycles. The molecule has 0 aliphatic carbocycles. The Labute approximate surface area is 73.4 Å². The van der Waals surface area contributed by atoms with Gasteiger partial charge in [-0.3, -0.25) is 0 Å². The second kappa shape index (κ2) is 5.87. The average Bonchev–Trinajstić information content (AvgIpc) is 2.14. The van der Waals surface area contributed by atoms with Crippen molar-refractivity contribution in [3.05, 3.63) is 0 Å². The maximum absolute atomic E-state index is 8.99. The number of aliphatic hydroxyl groups is 2. The molecular formula is C9H16O3. The van der Waals surface area contributed by atoms with E-state index < -0.39 is 5.41 Å². The van der Waals surface area contributed by atoms with E-state index in [0.29, 0.717) is 6.42 Å². The largest absolute Gasteiger partial charge is 0.446 e. The van der Waals surface area contributed by atoms with Crippen LogP contribution in [-0.4, -0.2) is 30.0 Å². The fraction of sp³-hybridized carbons (Fsp3) is 0.778. The zero-order chi connectivity index (χ0) is 9.45. The predicted molar refractivity (Wildman–Crippen MR) is 46.3 cm³/mol. The van der Waals surface area contributed by atoms with Gasteiger partial charge in [-0.1, -0.05) is 12.8 Å². The van der Waals surface area contributed by atoms with Crippen molar-refractivity contribution in [1.29, 1.82) is 0 Å². The monoisotopic (exact) mass is 172 g/mol. The first-order valence-electron chi connectivity index (χ1n) is 4.00. The van der Waals surface area contributed by atoms with Gasteiger partial charge in [0, 0.05) is 6.92 Å². The van der Waals surface area contributed by atoms with Gasteiger partial charge < -0.3 is 14.9 Å². The third-order valence-corrected chi connectivity index (χ3v) is 1.97. The van der Waals surface area contributed by atoms with Crippen molar-refractivity contribution in [2.45, 2.75) is 20.3 Å². The Morgan fingerprint density at radius 3 is 2.25 bits per heavy atom. The van der Waals surface area contributed by atoms with Crippen molar-refractivity contribution in [3.63, 3.8) is 0 Å². The van der Waals surface area contributed by atoms with E-state index in [1.54, 1.807) is 6.92 Å². The van der Waals surface area contributed by atoms with E-state index in [4.69, 9.17) is 14.9 Å². The lowest BCUT2D eigenvalue weighted by Crippen LogP contribution is -2.33. The molecule has 2 N–H and O–H groups in total. The summed E-state index contributed by atoms with van der Waals surface area (Å²) in [5.41, 5.74) is -0.538. The van der Waals surface area contributed by atoms with E-state index in [1.165, 1.54) is 0 Å². The number of ether oxygens (including phenoxy) is 1. The summed E-state index contributed by atoms with van der Waals surface area (Å²) in [6, 6.07) is 0. The molecule has 0 spiro atoms. The zero-order valence-electron chi connectivity index (χ0n) is 7.63. The lowest BCUT2D eigenvalue weighted by molar-refractivity contribution is 0.00264. The molecule has 0 rings (SSSR count). The van der Waals surface area contributed by atoms with Crippen LogP contribution < -0.4 is 0 Å². The summed E-state index contributed by atoms with van der Waals surface area (Å²) in [4.78, 5) is 0. The molecule has 0 atom stereocenters. The molecule has 0 aliphatic heterocycles. The van der Waals surface area contributed by atoms with E-state index >= 15 is 0 Å². The van der Waals surface area contributed by atoms with Gasteiger partial charge in [0.05, 0.1) is 18.6 Å². The fourth-order valence-electron chi connectivity index (χ4n) is 0.728. The van der Waals surface area contributed by atoms with Crippen LogP contribution in [0.5, 0.6) is 0 Å². The predicted octanol–water partition coefficient (Wildman–Crippen LogP) is 0.365. The first-order valence-corrected chi connectivity index (χ1v) is 4.00. The Bertz CT molecular complexity index is 154. The van der Waals surface area contributed by atoms with Crippen molar-refractivity contribution in [2.75, 3.05) is 19.8 Å². The summed E-state index contributed by atoms with van der Waals surface area (Å²) in [6.45, 7) is 3.69. The Morgan fingerprint density at radius 1 is 1.33 bits per heavy atom. The molecule has 0 saturated carbocycles. The lowest BCUT2D eigenvalue weighted by atomic mass is 9.88. The van der Waals surface area contributed by atoms with Gasteiger partial charge in [-0.05, 0) is 6.42 Å². The van der Waals surface area contributed by atoms with Gasteiger partial charge in [-0.2, -0.15) is 0 Å². The minimum Gasteiger partial charge on any atom is -0.446 e. The third-order valence-electron chi connectivity index (χ3n) is 1.97. The van der Waals surface area contributed by atoms with Crippen molar-refractivity contribution in [3.8, 4) is 12.0 Å². The summed E-state index contributed by atoms with van der Waals surface area (Å²) in [5, 5.41) is 18.0. The van der Waals surface area contributed by atoms with E-state index in [9.17, 15) is 0 Å². The highest BCUT2D eigenvalue weighted by molar-refractivity contribution is 4.87. The number of hydrogen-bond donors (Lipinski definition) is 2. The summed E-state index contributed by atoms with van der Waals surface area (Å²) >= 11 is 0. The highest BCUT2D eigenvalue weighted by atomic mass is 16.5. The standard InChI is InChI=1S/C9H16O3/c1-3-5-12-8-9(4-2,6-10)7-11/h10-11H,4,6-8H2,1-2H3. The Morgan fingerprint density at radius 2 is 1.92 bits per heavy atom. The molecule has 0 fully saturated rings. The fourth-order valence-corrected chi connectivity index (χ4v) is 0.728. The Hall–Kier alpha value is -0.720. The summed E-state index contributed by atoms with van der Waals surface area (Å²) in [7, 11) is 0. The van der Waals surface area contributed by atoms with E-state index in [-0.39, 0.29) is 19.8 Å². The van der Waals surface area contributed by atoms with Crippen LogP contribution in [0.2, 0.25) is 0 Å². The van der Waals surface area contributed by atoms with Gasteiger partial charge in [0.15, 0.2) is 0 Å². The highest BCUT2D eigenvalue weighted by Gasteiger charge is 2.27. The van der Waals surface area contributed by atoms with Gasteiger partial charge in [0.2, 0.25) is 0 Å². The van der Waals surface area contributed by atoms with Crippen molar-refractivity contribution in [1.82, 2.24) is 0 Å². The van der Waals surface area contributed by atoms with Gasteiger partial charge in [-0.15, -0.1) is 0 Å². The molecule has 0 aromatic carbocycles. The van der Waals surface area contributed by atoms with Gasteiger partial charge in [0.25, 0.3) is 0 Å². The quantitative estimate of drug-likeness (QED) is 0.589. The summed E-state index contributed by atoms with van der Waals surface area (Å²) in [6.07, 6.45) is 3.11. The third kappa shape index (κ3) is 3.12. The van der Waals surface area contributed by atoms with Gasteiger partial charge >= 0.3 is 0 Å². The number of hydrogen-bond acceptors (Lipinski definition) is 3. The molecule has 0 bridgehead atoms. The second-order valence-electron chi connectivity index (χ2n) is 2.81. The van der Waals surface area contributed by atoms with Crippen molar-refractivity contribution in [2.24, 2.45) is 5.41 Å². The highest BCUT2D eigenvalue weighted by Crippen LogP contribution is 2.20. The Kier molecular flexibility index (Phi) is 5.52. The normalized spacial score (nSPS) is 10.3. The van der Waals surface area contributed by atoms with Crippen LogP contribution in [0.25, 0.3) is 0 Å². The molecular weight excluding hydrogens is 156 g/mol.